The lowest BCUT2D eigenvalue weighted by atomic mass is 10.1. The predicted molar refractivity (Wildman–Crippen MR) is 90.0 cm³/mol. The Kier molecular flexibility index (Phi) is 6.77. The van der Waals surface area contributed by atoms with Gasteiger partial charge in [-0.1, -0.05) is 36.4 Å². The van der Waals surface area contributed by atoms with E-state index in [0.29, 0.717) is 26.2 Å². The molecule has 1 amide bonds. The van der Waals surface area contributed by atoms with E-state index in [0.717, 1.165) is 18.7 Å². The minimum Gasteiger partial charge on any atom is -0.387 e. The van der Waals surface area contributed by atoms with Crippen LogP contribution in [0.25, 0.3) is 0 Å². The molecule has 5 nitrogen and oxygen atoms in total. The van der Waals surface area contributed by atoms with Crippen LogP contribution in [-0.4, -0.2) is 66.2 Å². The average molecular weight is 318 g/mol. The molecule has 1 saturated heterocycles. The van der Waals surface area contributed by atoms with Crippen LogP contribution in [0.15, 0.2) is 43.0 Å². The summed E-state index contributed by atoms with van der Waals surface area (Å²) in [6, 6.07) is 9.67. The van der Waals surface area contributed by atoms with Crippen molar-refractivity contribution in [3.63, 3.8) is 0 Å². The van der Waals surface area contributed by atoms with E-state index in [9.17, 15) is 9.90 Å². The Balaban J connectivity index is 1.77. The molecule has 2 rings (SSSR count). The molecule has 1 aromatic carbocycles. The summed E-state index contributed by atoms with van der Waals surface area (Å²) < 4.78 is 5.39. The first-order valence-corrected chi connectivity index (χ1v) is 8.08. The Morgan fingerprint density at radius 3 is 2.57 bits per heavy atom. The molecule has 1 fully saturated rings. The maximum absolute atomic E-state index is 12.3. The fourth-order valence-electron chi connectivity index (χ4n) is 2.72. The van der Waals surface area contributed by atoms with Gasteiger partial charge >= 0.3 is 0 Å². The van der Waals surface area contributed by atoms with E-state index >= 15 is 0 Å². The summed E-state index contributed by atoms with van der Waals surface area (Å²) in [5, 5.41) is 10.3. The third kappa shape index (κ3) is 5.16. The van der Waals surface area contributed by atoms with Crippen LogP contribution in [0.3, 0.4) is 0 Å². The molecule has 0 aliphatic carbocycles. The van der Waals surface area contributed by atoms with Crippen molar-refractivity contribution in [2.24, 2.45) is 0 Å². The number of aliphatic hydroxyl groups excluding tert-OH is 1. The van der Waals surface area contributed by atoms with Gasteiger partial charge in [-0.3, -0.25) is 9.69 Å². The number of aliphatic hydroxyl groups is 1. The number of piperazine rings is 1. The summed E-state index contributed by atoms with van der Waals surface area (Å²) in [6.07, 6.45) is 0.718. The first-order chi connectivity index (χ1) is 11.1. The Labute approximate surface area is 138 Å². The van der Waals surface area contributed by atoms with Crippen molar-refractivity contribution in [3.05, 3.63) is 48.6 Å². The van der Waals surface area contributed by atoms with Gasteiger partial charge in [0.1, 0.15) is 6.10 Å². The highest BCUT2D eigenvalue weighted by atomic mass is 16.5. The van der Waals surface area contributed by atoms with Gasteiger partial charge in [-0.15, -0.1) is 6.58 Å². The van der Waals surface area contributed by atoms with Gasteiger partial charge in [-0.2, -0.15) is 0 Å². The lowest BCUT2D eigenvalue weighted by Gasteiger charge is -2.36. The van der Waals surface area contributed by atoms with Gasteiger partial charge in [0.25, 0.3) is 5.91 Å². The maximum Gasteiger partial charge on any atom is 0.251 e. The van der Waals surface area contributed by atoms with E-state index in [2.05, 4.69) is 11.5 Å². The minimum absolute atomic E-state index is 0.0232. The number of hydrogen-bond acceptors (Lipinski definition) is 4. The van der Waals surface area contributed by atoms with E-state index in [4.69, 9.17) is 4.74 Å². The Morgan fingerprint density at radius 2 is 1.96 bits per heavy atom. The molecular weight excluding hydrogens is 292 g/mol. The zero-order chi connectivity index (χ0) is 16.7. The molecule has 126 valence electrons. The van der Waals surface area contributed by atoms with Crippen molar-refractivity contribution in [1.82, 2.24) is 9.80 Å². The lowest BCUT2D eigenvalue weighted by Crippen LogP contribution is -2.52. The molecule has 1 aliphatic heterocycles. The topological polar surface area (TPSA) is 53.0 Å². The van der Waals surface area contributed by atoms with Crippen molar-refractivity contribution in [2.75, 3.05) is 39.3 Å². The van der Waals surface area contributed by atoms with Crippen LogP contribution in [0.4, 0.5) is 0 Å². The van der Waals surface area contributed by atoms with Crippen molar-refractivity contribution in [1.29, 1.82) is 0 Å². The standard InChI is InChI=1S/C18H26N2O3/c1-3-13-23-15(2)18(22)20-11-9-19(10-12-20)14-17(21)16-7-5-4-6-8-16/h3-8,15,17,21H,1,9-14H2,2H3/t15-,17+/m1/s1. The maximum atomic E-state index is 12.3. The largest absolute Gasteiger partial charge is 0.387 e. The van der Waals surface area contributed by atoms with Gasteiger partial charge in [-0.25, -0.2) is 0 Å². The number of rotatable bonds is 7. The number of carbonyl (C=O) groups is 1. The van der Waals surface area contributed by atoms with Crippen molar-refractivity contribution in [2.45, 2.75) is 19.1 Å². The lowest BCUT2D eigenvalue weighted by molar-refractivity contribution is -0.143. The highest BCUT2D eigenvalue weighted by Gasteiger charge is 2.26. The number of nitrogens with zero attached hydrogens (tertiary/aromatic N) is 2. The third-order valence-corrected chi connectivity index (χ3v) is 4.11. The fourth-order valence-corrected chi connectivity index (χ4v) is 2.72. The Hall–Kier alpha value is -1.69. The number of hydrogen-bond donors (Lipinski definition) is 1. The molecule has 2 atom stereocenters. The second-order valence-electron chi connectivity index (χ2n) is 5.82. The molecule has 0 radical (unpaired) electrons. The summed E-state index contributed by atoms with van der Waals surface area (Å²) in [4.78, 5) is 16.3. The predicted octanol–water partition coefficient (Wildman–Crippen LogP) is 1.46. The number of amides is 1. The first-order valence-electron chi connectivity index (χ1n) is 8.08. The quantitative estimate of drug-likeness (QED) is 0.773. The molecule has 1 N–H and O–H groups in total. The number of β-amino-alcohol motifs (C(OH)–C–C–N with tert-alkyl or cyclic N) is 1. The van der Waals surface area contributed by atoms with E-state index in [-0.39, 0.29) is 5.91 Å². The number of carbonyl (C=O) groups excluding carboxylic acids is 1. The highest BCUT2D eigenvalue weighted by molar-refractivity contribution is 5.80. The van der Waals surface area contributed by atoms with Gasteiger partial charge in [0.2, 0.25) is 0 Å². The molecule has 5 heteroatoms. The zero-order valence-electron chi connectivity index (χ0n) is 13.7. The molecule has 0 spiro atoms. The number of ether oxygens (including phenoxy) is 1. The zero-order valence-corrected chi connectivity index (χ0v) is 13.7. The van der Waals surface area contributed by atoms with Gasteiger partial charge < -0.3 is 14.7 Å². The smallest absolute Gasteiger partial charge is 0.251 e. The second-order valence-corrected chi connectivity index (χ2v) is 5.82. The fraction of sp³-hybridized carbons (Fsp3) is 0.500. The monoisotopic (exact) mass is 318 g/mol. The van der Waals surface area contributed by atoms with Gasteiger partial charge in [0, 0.05) is 32.7 Å². The molecule has 0 unspecified atom stereocenters. The third-order valence-electron chi connectivity index (χ3n) is 4.11. The summed E-state index contributed by atoms with van der Waals surface area (Å²) in [5.41, 5.74) is 0.928. The van der Waals surface area contributed by atoms with Gasteiger partial charge in [-0.05, 0) is 12.5 Å². The average Bonchev–Trinajstić information content (AvgIpc) is 2.60. The Bertz CT molecular complexity index is 498. The van der Waals surface area contributed by atoms with Crippen LogP contribution >= 0.6 is 0 Å². The normalized spacial score (nSPS) is 18.4. The van der Waals surface area contributed by atoms with Crippen molar-refractivity contribution >= 4 is 5.91 Å². The molecule has 0 bridgehead atoms. The minimum atomic E-state index is -0.492. The molecule has 1 aliphatic rings. The number of benzene rings is 1. The highest BCUT2D eigenvalue weighted by Crippen LogP contribution is 2.15. The summed E-state index contributed by atoms with van der Waals surface area (Å²) in [6.45, 7) is 9.21. The molecule has 0 aromatic heterocycles. The summed E-state index contributed by atoms with van der Waals surface area (Å²) in [5.74, 6) is 0.0232. The van der Waals surface area contributed by atoms with Crippen molar-refractivity contribution < 1.29 is 14.6 Å². The van der Waals surface area contributed by atoms with Crippen LogP contribution in [0.1, 0.15) is 18.6 Å². The van der Waals surface area contributed by atoms with Gasteiger partial charge in [0.05, 0.1) is 12.7 Å². The molecule has 1 aromatic rings. The van der Waals surface area contributed by atoms with E-state index < -0.39 is 12.2 Å². The molecular formula is C18H26N2O3. The first kappa shape index (κ1) is 17.7. The van der Waals surface area contributed by atoms with Crippen molar-refractivity contribution in [3.8, 4) is 0 Å². The van der Waals surface area contributed by atoms with Crippen LogP contribution in [0, 0.1) is 0 Å². The molecule has 0 saturated carbocycles. The van der Waals surface area contributed by atoms with Crippen LogP contribution < -0.4 is 0 Å². The van der Waals surface area contributed by atoms with Crippen LogP contribution in [-0.2, 0) is 9.53 Å². The van der Waals surface area contributed by atoms with E-state index in [1.807, 2.05) is 35.2 Å². The van der Waals surface area contributed by atoms with Crippen LogP contribution in [0.2, 0.25) is 0 Å². The molecule has 1 heterocycles. The summed E-state index contributed by atoms with van der Waals surface area (Å²) >= 11 is 0. The van der Waals surface area contributed by atoms with E-state index in [1.54, 1.807) is 13.0 Å². The van der Waals surface area contributed by atoms with Crippen LogP contribution in [0.5, 0.6) is 0 Å². The molecule has 23 heavy (non-hydrogen) atoms. The summed E-state index contributed by atoms with van der Waals surface area (Å²) in [7, 11) is 0. The van der Waals surface area contributed by atoms with Gasteiger partial charge in [0.15, 0.2) is 0 Å². The Morgan fingerprint density at radius 1 is 1.30 bits per heavy atom. The van der Waals surface area contributed by atoms with E-state index in [1.165, 1.54) is 0 Å². The second kappa shape index (κ2) is 8.82. The SMILES string of the molecule is C=CCO[C@H](C)C(=O)N1CCN(C[C@H](O)c2ccccc2)CC1.